The maximum absolute atomic E-state index is 12.4. The number of nitrogens with zero attached hydrogens (tertiary/aromatic N) is 1. The SMILES string of the molecule is CCN1CCCC1CNS(=O)(=O)c1cc(N)c(Cl)cc1C. The molecule has 1 aromatic carbocycles. The molecule has 0 amide bonds. The Labute approximate surface area is 131 Å². The van der Waals surface area contributed by atoms with Crippen LogP contribution in [0.25, 0.3) is 0 Å². The molecule has 0 bridgehead atoms. The molecule has 1 aliphatic heterocycles. The van der Waals surface area contributed by atoms with E-state index in [1.165, 1.54) is 6.07 Å². The first-order valence-corrected chi connectivity index (χ1v) is 9.00. The van der Waals surface area contributed by atoms with Crippen molar-refractivity contribution in [2.24, 2.45) is 0 Å². The summed E-state index contributed by atoms with van der Waals surface area (Å²) in [4.78, 5) is 2.50. The summed E-state index contributed by atoms with van der Waals surface area (Å²) in [7, 11) is -3.56. The van der Waals surface area contributed by atoms with Gasteiger partial charge in [0.25, 0.3) is 0 Å². The van der Waals surface area contributed by atoms with Gasteiger partial charge in [-0.05, 0) is 50.6 Å². The maximum Gasteiger partial charge on any atom is 0.240 e. The molecule has 0 radical (unpaired) electrons. The Kier molecular flexibility index (Phi) is 5.14. The van der Waals surface area contributed by atoms with Crippen molar-refractivity contribution >= 4 is 27.3 Å². The molecule has 5 nitrogen and oxygen atoms in total. The zero-order valence-corrected chi connectivity index (χ0v) is 14.0. The van der Waals surface area contributed by atoms with Crippen molar-refractivity contribution in [2.75, 3.05) is 25.4 Å². The van der Waals surface area contributed by atoms with Crippen LogP contribution < -0.4 is 10.5 Å². The lowest BCUT2D eigenvalue weighted by molar-refractivity contribution is 0.268. The minimum Gasteiger partial charge on any atom is -0.397 e. The topological polar surface area (TPSA) is 75.4 Å². The third-order valence-electron chi connectivity index (χ3n) is 4.00. The van der Waals surface area contributed by atoms with Crippen LogP contribution in [-0.4, -0.2) is 39.0 Å². The fourth-order valence-corrected chi connectivity index (χ4v) is 4.33. The average molecular weight is 332 g/mol. The van der Waals surface area contributed by atoms with Crippen molar-refractivity contribution in [3.05, 3.63) is 22.7 Å². The molecule has 0 spiro atoms. The average Bonchev–Trinajstić information content (AvgIpc) is 2.88. The summed E-state index contributed by atoms with van der Waals surface area (Å²) < 4.78 is 27.6. The fraction of sp³-hybridized carbons (Fsp3) is 0.571. The van der Waals surface area contributed by atoms with Gasteiger partial charge in [0.05, 0.1) is 15.6 Å². The highest BCUT2D eigenvalue weighted by atomic mass is 35.5. The number of hydrogen-bond acceptors (Lipinski definition) is 4. The predicted octanol–water partition coefficient (Wildman–Crippen LogP) is 1.99. The molecular weight excluding hydrogens is 310 g/mol. The number of nitrogens with one attached hydrogen (secondary N) is 1. The summed E-state index contributed by atoms with van der Waals surface area (Å²) in [5.41, 5.74) is 6.59. The zero-order chi connectivity index (χ0) is 15.6. The molecule has 1 atom stereocenters. The fourth-order valence-electron chi connectivity index (χ4n) is 2.78. The molecular formula is C14H22ClN3O2S. The van der Waals surface area contributed by atoms with Crippen molar-refractivity contribution < 1.29 is 8.42 Å². The second-order valence-corrected chi connectivity index (χ2v) is 7.56. The molecule has 0 saturated carbocycles. The molecule has 1 heterocycles. The molecule has 1 fully saturated rings. The second kappa shape index (κ2) is 6.52. The van der Waals surface area contributed by atoms with E-state index in [2.05, 4.69) is 16.5 Å². The summed E-state index contributed by atoms with van der Waals surface area (Å²) in [6.45, 7) is 6.22. The van der Waals surface area contributed by atoms with Crippen LogP contribution in [0.4, 0.5) is 5.69 Å². The molecule has 1 unspecified atom stereocenters. The number of rotatable bonds is 5. The summed E-state index contributed by atoms with van der Waals surface area (Å²) in [6, 6.07) is 3.28. The van der Waals surface area contributed by atoms with Crippen LogP contribution in [0.2, 0.25) is 5.02 Å². The molecule has 1 aromatic rings. The van der Waals surface area contributed by atoms with Crippen molar-refractivity contribution in [1.29, 1.82) is 0 Å². The lowest BCUT2D eigenvalue weighted by atomic mass is 10.2. The maximum atomic E-state index is 12.4. The van der Waals surface area contributed by atoms with E-state index in [0.717, 1.165) is 25.9 Å². The standard InChI is InChI=1S/C14H22ClN3O2S/c1-3-18-6-4-5-11(18)9-17-21(19,20)14-8-13(16)12(15)7-10(14)2/h7-8,11,17H,3-6,9,16H2,1-2H3. The van der Waals surface area contributed by atoms with Crippen LogP contribution in [0.3, 0.4) is 0 Å². The Balaban J connectivity index is 2.14. The molecule has 21 heavy (non-hydrogen) atoms. The van der Waals surface area contributed by atoms with E-state index in [-0.39, 0.29) is 16.6 Å². The van der Waals surface area contributed by atoms with Gasteiger partial charge in [0.1, 0.15) is 0 Å². The monoisotopic (exact) mass is 331 g/mol. The number of anilines is 1. The first-order valence-electron chi connectivity index (χ1n) is 7.14. The van der Waals surface area contributed by atoms with Crippen LogP contribution in [0, 0.1) is 6.92 Å². The van der Waals surface area contributed by atoms with Gasteiger partial charge in [0.2, 0.25) is 10.0 Å². The smallest absolute Gasteiger partial charge is 0.240 e. The highest BCUT2D eigenvalue weighted by molar-refractivity contribution is 7.89. The van der Waals surface area contributed by atoms with Crippen molar-refractivity contribution in [3.63, 3.8) is 0 Å². The number of nitrogen functional groups attached to an aromatic ring is 1. The zero-order valence-electron chi connectivity index (χ0n) is 12.4. The van der Waals surface area contributed by atoms with Crippen LogP contribution in [0.15, 0.2) is 17.0 Å². The third kappa shape index (κ3) is 3.69. The molecule has 0 aliphatic carbocycles. The predicted molar refractivity (Wildman–Crippen MR) is 86.1 cm³/mol. The molecule has 3 N–H and O–H groups in total. The van der Waals surface area contributed by atoms with Crippen molar-refractivity contribution in [2.45, 2.75) is 37.6 Å². The van der Waals surface area contributed by atoms with Gasteiger partial charge in [-0.1, -0.05) is 18.5 Å². The van der Waals surface area contributed by atoms with Gasteiger partial charge in [-0.3, -0.25) is 4.90 Å². The first-order chi connectivity index (χ1) is 9.85. The first kappa shape index (κ1) is 16.5. The largest absolute Gasteiger partial charge is 0.397 e. The van der Waals surface area contributed by atoms with E-state index >= 15 is 0 Å². The number of sulfonamides is 1. The second-order valence-electron chi connectivity index (χ2n) is 5.42. The normalized spacial score (nSPS) is 20.0. The number of likely N-dealkylation sites (tertiary alicyclic amines) is 1. The lowest BCUT2D eigenvalue weighted by Crippen LogP contribution is -2.40. The van der Waals surface area contributed by atoms with Gasteiger partial charge < -0.3 is 5.73 Å². The Morgan fingerprint density at radius 3 is 2.86 bits per heavy atom. The van der Waals surface area contributed by atoms with E-state index in [4.69, 9.17) is 17.3 Å². The third-order valence-corrected chi connectivity index (χ3v) is 5.89. The van der Waals surface area contributed by atoms with Crippen molar-refractivity contribution in [3.8, 4) is 0 Å². The number of aryl methyl sites for hydroxylation is 1. The van der Waals surface area contributed by atoms with Gasteiger partial charge in [-0.2, -0.15) is 0 Å². The van der Waals surface area contributed by atoms with Crippen molar-refractivity contribution in [1.82, 2.24) is 9.62 Å². The molecule has 2 rings (SSSR count). The van der Waals surface area contributed by atoms with Gasteiger partial charge in [0.15, 0.2) is 0 Å². The van der Waals surface area contributed by atoms with Gasteiger partial charge in [-0.25, -0.2) is 13.1 Å². The summed E-state index contributed by atoms with van der Waals surface area (Å²) in [5, 5.41) is 0.374. The van der Waals surface area contributed by atoms with E-state index in [1.54, 1.807) is 13.0 Å². The van der Waals surface area contributed by atoms with Crippen LogP contribution in [-0.2, 0) is 10.0 Å². The molecule has 1 saturated heterocycles. The number of hydrogen-bond donors (Lipinski definition) is 2. The van der Waals surface area contributed by atoms with Gasteiger partial charge in [-0.15, -0.1) is 0 Å². The van der Waals surface area contributed by atoms with Gasteiger partial charge in [0, 0.05) is 12.6 Å². The minimum absolute atomic E-state index is 0.199. The molecule has 118 valence electrons. The number of likely N-dealkylation sites (N-methyl/N-ethyl adjacent to an activating group) is 1. The summed E-state index contributed by atoms with van der Waals surface area (Å²) >= 11 is 5.91. The highest BCUT2D eigenvalue weighted by Gasteiger charge is 2.26. The quantitative estimate of drug-likeness (QED) is 0.809. The number of nitrogens with two attached hydrogens (primary N) is 1. The molecule has 1 aliphatic rings. The van der Waals surface area contributed by atoms with Crippen LogP contribution in [0.5, 0.6) is 0 Å². The Bertz CT molecular complexity index is 619. The Morgan fingerprint density at radius 2 is 2.19 bits per heavy atom. The Hall–Kier alpha value is -0.820. The number of benzene rings is 1. The molecule has 0 aromatic heterocycles. The highest BCUT2D eigenvalue weighted by Crippen LogP contribution is 2.26. The lowest BCUT2D eigenvalue weighted by Gasteiger charge is -2.23. The minimum atomic E-state index is -3.56. The van der Waals surface area contributed by atoms with E-state index in [9.17, 15) is 8.42 Å². The number of halogens is 1. The van der Waals surface area contributed by atoms with E-state index in [1.807, 2.05) is 0 Å². The van der Waals surface area contributed by atoms with Gasteiger partial charge >= 0.3 is 0 Å². The summed E-state index contributed by atoms with van der Waals surface area (Å²) in [5.74, 6) is 0. The molecule has 7 heteroatoms. The Morgan fingerprint density at radius 1 is 1.48 bits per heavy atom. The van der Waals surface area contributed by atoms with E-state index < -0.39 is 10.0 Å². The summed E-state index contributed by atoms with van der Waals surface area (Å²) in [6.07, 6.45) is 2.14. The van der Waals surface area contributed by atoms with E-state index in [0.29, 0.717) is 17.1 Å². The van der Waals surface area contributed by atoms with Crippen LogP contribution >= 0.6 is 11.6 Å². The van der Waals surface area contributed by atoms with Crippen LogP contribution in [0.1, 0.15) is 25.3 Å².